The molecule has 2 N–H and O–H groups in total. The molecule has 3 nitrogen and oxygen atoms in total. The maximum Gasteiger partial charge on any atom is 0.122 e. The topological polar surface area (TPSA) is 44.5 Å². The third kappa shape index (κ3) is 2.36. The second-order valence-electron chi connectivity index (χ2n) is 4.50. The van der Waals surface area contributed by atoms with Crippen LogP contribution in [-0.2, 0) is 4.74 Å². The van der Waals surface area contributed by atoms with Gasteiger partial charge < -0.3 is 15.2 Å². The molecular weight excluding hydrogens is 202 g/mol. The molecule has 1 aromatic carbocycles. The van der Waals surface area contributed by atoms with Gasteiger partial charge in [0.1, 0.15) is 5.75 Å². The highest BCUT2D eigenvalue weighted by molar-refractivity contribution is 5.40. The van der Waals surface area contributed by atoms with E-state index in [0.717, 1.165) is 5.75 Å². The first kappa shape index (κ1) is 11.4. The van der Waals surface area contributed by atoms with Crippen LogP contribution in [0.5, 0.6) is 5.75 Å². The lowest BCUT2D eigenvalue weighted by Crippen LogP contribution is -2.35. The van der Waals surface area contributed by atoms with Gasteiger partial charge in [-0.25, -0.2) is 0 Å². The van der Waals surface area contributed by atoms with Crippen LogP contribution in [0, 0.1) is 0 Å². The molecule has 88 valence electrons. The van der Waals surface area contributed by atoms with E-state index in [-0.39, 0.29) is 18.1 Å². The van der Waals surface area contributed by atoms with Crippen LogP contribution in [0.2, 0.25) is 0 Å². The first-order valence-electron chi connectivity index (χ1n) is 5.77. The van der Waals surface area contributed by atoms with E-state index in [1.165, 1.54) is 5.56 Å². The molecule has 1 heterocycles. The third-order valence-corrected chi connectivity index (χ3v) is 2.88. The summed E-state index contributed by atoms with van der Waals surface area (Å²) in [5.41, 5.74) is 7.35. The van der Waals surface area contributed by atoms with E-state index < -0.39 is 0 Å². The molecule has 0 aromatic heterocycles. The van der Waals surface area contributed by atoms with Gasteiger partial charge in [-0.1, -0.05) is 18.2 Å². The van der Waals surface area contributed by atoms with E-state index in [4.69, 9.17) is 15.2 Å². The molecule has 2 atom stereocenters. The van der Waals surface area contributed by atoms with Crippen LogP contribution in [-0.4, -0.2) is 25.4 Å². The van der Waals surface area contributed by atoms with Crippen LogP contribution >= 0.6 is 0 Å². The lowest BCUT2D eigenvalue weighted by atomic mass is 9.94. The highest BCUT2D eigenvalue weighted by Gasteiger charge is 2.29. The van der Waals surface area contributed by atoms with Crippen molar-refractivity contribution in [3.05, 3.63) is 29.8 Å². The third-order valence-electron chi connectivity index (χ3n) is 2.88. The average Bonchev–Trinajstić information content (AvgIpc) is 2.69. The summed E-state index contributed by atoms with van der Waals surface area (Å²) in [6.07, 6.45) is 0.226. The highest BCUT2D eigenvalue weighted by atomic mass is 16.5. The molecule has 0 radical (unpaired) electrons. The van der Waals surface area contributed by atoms with Gasteiger partial charge >= 0.3 is 0 Å². The predicted octanol–water partition coefficient (Wildman–Crippen LogP) is 1.91. The van der Waals surface area contributed by atoms with Crippen LogP contribution in [0.25, 0.3) is 0 Å². The van der Waals surface area contributed by atoms with Crippen molar-refractivity contribution in [2.75, 3.05) is 13.2 Å². The van der Waals surface area contributed by atoms with Gasteiger partial charge in [-0.3, -0.25) is 0 Å². The van der Waals surface area contributed by atoms with Gasteiger partial charge in [-0.2, -0.15) is 0 Å². The van der Waals surface area contributed by atoms with Gasteiger partial charge in [0.25, 0.3) is 0 Å². The minimum atomic E-state index is 0.00560. The maximum atomic E-state index is 6.14. The quantitative estimate of drug-likeness (QED) is 0.844. The fourth-order valence-corrected chi connectivity index (χ4v) is 1.96. The SMILES string of the molecule is CC(C)OCC(N)C1COc2ccccc21. The van der Waals surface area contributed by atoms with Crippen molar-refractivity contribution >= 4 is 0 Å². The monoisotopic (exact) mass is 221 g/mol. The van der Waals surface area contributed by atoms with Crippen molar-refractivity contribution in [1.82, 2.24) is 0 Å². The minimum absolute atomic E-state index is 0.00560. The number of hydrogen-bond donors (Lipinski definition) is 1. The summed E-state index contributed by atoms with van der Waals surface area (Å²) in [6, 6.07) is 8.09. The van der Waals surface area contributed by atoms with E-state index in [2.05, 4.69) is 6.07 Å². The van der Waals surface area contributed by atoms with Crippen LogP contribution in [0.4, 0.5) is 0 Å². The molecule has 0 fully saturated rings. The summed E-state index contributed by atoms with van der Waals surface area (Å²) in [5.74, 6) is 1.22. The van der Waals surface area contributed by atoms with Crippen molar-refractivity contribution in [3.8, 4) is 5.75 Å². The van der Waals surface area contributed by atoms with Gasteiger partial charge in [0, 0.05) is 17.5 Å². The summed E-state index contributed by atoms with van der Waals surface area (Å²) in [7, 11) is 0. The van der Waals surface area contributed by atoms with Crippen molar-refractivity contribution in [3.63, 3.8) is 0 Å². The molecule has 16 heavy (non-hydrogen) atoms. The fraction of sp³-hybridized carbons (Fsp3) is 0.538. The smallest absolute Gasteiger partial charge is 0.122 e. The Bertz CT molecular complexity index is 352. The first-order chi connectivity index (χ1) is 7.68. The second kappa shape index (κ2) is 4.85. The molecule has 0 saturated heterocycles. The molecule has 0 aliphatic carbocycles. The molecule has 0 amide bonds. The second-order valence-corrected chi connectivity index (χ2v) is 4.50. The van der Waals surface area contributed by atoms with Crippen LogP contribution in [0.1, 0.15) is 25.3 Å². The van der Waals surface area contributed by atoms with Crippen molar-refractivity contribution in [2.24, 2.45) is 5.73 Å². The molecule has 0 saturated carbocycles. The Morgan fingerprint density at radius 1 is 1.44 bits per heavy atom. The van der Waals surface area contributed by atoms with Gasteiger partial charge in [-0.15, -0.1) is 0 Å². The number of nitrogens with two attached hydrogens (primary N) is 1. The molecule has 1 aliphatic rings. The molecule has 3 heteroatoms. The Morgan fingerprint density at radius 3 is 2.94 bits per heavy atom. The summed E-state index contributed by atoms with van der Waals surface area (Å²) in [4.78, 5) is 0. The Labute approximate surface area is 96.5 Å². The van der Waals surface area contributed by atoms with Gasteiger partial charge in [0.05, 0.1) is 19.3 Å². The lowest BCUT2D eigenvalue weighted by molar-refractivity contribution is 0.0619. The molecule has 1 aromatic rings. The van der Waals surface area contributed by atoms with E-state index in [1.807, 2.05) is 32.0 Å². The molecule has 1 aliphatic heterocycles. The lowest BCUT2D eigenvalue weighted by Gasteiger charge is -2.19. The summed E-state index contributed by atoms with van der Waals surface area (Å²) in [5, 5.41) is 0. The molecular formula is C13H19NO2. The largest absolute Gasteiger partial charge is 0.493 e. The van der Waals surface area contributed by atoms with Crippen LogP contribution in [0.3, 0.4) is 0 Å². The number of para-hydroxylation sites is 1. The first-order valence-corrected chi connectivity index (χ1v) is 5.77. The van der Waals surface area contributed by atoms with Gasteiger partial charge in [-0.05, 0) is 19.9 Å². The molecule has 0 spiro atoms. The number of rotatable bonds is 4. The zero-order valence-electron chi connectivity index (χ0n) is 9.85. The Hall–Kier alpha value is -1.06. The number of ether oxygens (including phenoxy) is 2. The summed E-state index contributed by atoms with van der Waals surface area (Å²) in [6.45, 7) is 5.29. The Balaban J connectivity index is 2.01. The highest BCUT2D eigenvalue weighted by Crippen LogP contribution is 2.34. The number of hydrogen-bond acceptors (Lipinski definition) is 3. The summed E-state index contributed by atoms with van der Waals surface area (Å²) >= 11 is 0. The minimum Gasteiger partial charge on any atom is -0.493 e. The zero-order chi connectivity index (χ0) is 11.5. The van der Waals surface area contributed by atoms with E-state index >= 15 is 0 Å². The zero-order valence-corrected chi connectivity index (χ0v) is 9.85. The van der Waals surface area contributed by atoms with Gasteiger partial charge in [0.2, 0.25) is 0 Å². The van der Waals surface area contributed by atoms with Crippen LogP contribution < -0.4 is 10.5 Å². The molecule has 2 unspecified atom stereocenters. The van der Waals surface area contributed by atoms with Crippen molar-refractivity contribution in [1.29, 1.82) is 0 Å². The van der Waals surface area contributed by atoms with E-state index in [9.17, 15) is 0 Å². The number of fused-ring (bicyclic) bond motifs is 1. The molecule has 0 bridgehead atoms. The van der Waals surface area contributed by atoms with Gasteiger partial charge in [0.15, 0.2) is 0 Å². The van der Waals surface area contributed by atoms with Crippen molar-refractivity contribution < 1.29 is 9.47 Å². The molecule has 2 rings (SSSR count). The average molecular weight is 221 g/mol. The Morgan fingerprint density at radius 2 is 2.19 bits per heavy atom. The van der Waals surface area contributed by atoms with Crippen LogP contribution in [0.15, 0.2) is 24.3 Å². The van der Waals surface area contributed by atoms with E-state index in [1.54, 1.807) is 0 Å². The number of benzene rings is 1. The van der Waals surface area contributed by atoms with E-state index in [0.29, 0.717) is 13.2 Å². The Kier molecular flexibility index (Phi) is 3.46. The fourth-order valence-electron chi connectivity index (χ4n) is 1.96. The maximum absolute atomic E-state index is 6.14. The normalized spacial score (nSPS) is 20.6. The summed E-state index contributed by atoms with van der Waals surface area (Å²) < 4.78 is 11.2. The standard InChI is InChI=1S/C13H19NO2/c1-9(2)15-8-12(14)11-7-16-13-6-4-3-5-10(11)13/h3-6,9,11-12H,7-8,14H2,1-2H3. The predicted molar refractivity (Wildman–Crippen MR) is 63.7 cm³/mol. The van der Waals surface area contributed by atoms with Crippen molar-refractivity contribution in [2.45, 2.75) is 31.9 Å².